The zero-order valence-corrected chi connectivity index (χ0v) is 12.5. The molecule has 0 aliphatic heterocycles. The predicted molar refractivity (Wildman–Crippen MR) is 73.3 cm³/mol. The van der Waals surface area contributed by atoms with Gasteiger partial charge in [0.05, 0.1) is 28.0 Å². The SMILES string of the molecule is CNC(c1ccc(C(F)(F)F)cc1)c1c(Br)cnn1C. The van der Waals surface area contributed by atoms with Crippen molar-refractivity contribution in [3.8, 4) is 0 Å². The molecule has 108 valence electrons. The van der Waals surface area contributed by atoms with Gasteiger partial charge in [-0.15, -0.1) is 0 Å². The normalized spacial score (nSPS) is 13.5. The van der Waals surface area contributed by atoms with E-state index in [-0.39, 0.29) is 6.04 Å². The number of nitrogens with zero attached hydrogens (tertiary/aromatic N) is 2. The van der Waals surface area contributed by atoms with Gasteiger partial charge in [0, 0.05) is 7.05 Å². The van der Waals surface area contributed by atoms with E-state index in [9.17, 15) is 13.2 Å². The number of nitrogens with one attached hydrogen (secondary N) is 1. The van der Waals surface area contributed by atoms with Gasteiger partial charge in [-0.3, -0.25) is 4.68 Å². The smallest absolute Gasteiger partial charge is 0.308 e. The lowest BCUT2D eigenvalue weighted by atomic mass is 10.0. The fourth-order valence-electron chi connectivity index (χ4n) is 2.07. The van der Waals surface area contributed by atoms with E-state index in [1.165, 1.54) is 12.1 Å². The Hall–Kier alpha value is -1.34. The predicted octanol–water partition coefficient (Wildman–Crippen LogP) is 3.51. The van der Waals surface area contributed by atoms with Crippen molar-refractivity contribution in [1.82, 2.24) is 15.1 Å². The van der Waals surface area contributed by atoms with Crippen LogP contribution in [0.3, 0.4) is 0 Å². The van der Waals surface area contributed by atoms with Crippen LogP contribution in [0.25, 0.3) is 0 Å². The van der Waals surface area contributed by atoms with Crippen LogP contribution in [0.1, 0.15) is 22.9 Å². The third kappa shape index (κ3) is 2.88. The van der Waals surface area contributed by atoms with Crippen LogP contribution in [-0.4, -0.2) is 16.8 Å². The molecule has 0 aliphatic rings. The zero-order valence-electron chi connectivity index (χ0n) is 10.9. The van der Waals surface area contributed by atoms with Crippen molar-refractivity contribution in [2.24, 2.45) is 7.05 Å². The Balaban J connectivity index is 2.38. The molecule has 1 unspecified atom stereocenters. The lowest BCUT2D eigenvalue weighted by Gasteiger charge is -2.18. The van der Waals surface area contributed by atoms with E-state index in [2.05, 4.69) is 26.3 Å². The summed E-state index contributed by atoms with van der Waals surface area (Å²) in [6.45, 7) is 0. The molecule has 3 nitrogen and oxygen atoms in total. The van der Waals surface area contributed by atoms with Crippen LogP contribution in [0, 0.1) is 0 Å². The first kappa shape index (κ1) is 15.1. The minimum atomic E-state index is -4.32. The first-order chi connectivity index (χ1) is 9.34. The molecule has 1 heterocycles. The van der Waals surface area contributed by atoms with Crippen molar-refractivity contribution in [1.29, 1.82) is 0 Å². The highest BCUT2D eigenvalue weighted by atomic mass is 79.9. The molecule has 0 radical (unpaired) electrons. The highest BCUT2D eigenvalue weighted by molar-refractivity contribution is 9.10. The molecule has 0 aliphatic carbocycles. The molecule has 0 saturated heterocycles. The number of hydrogen-bond acceptors (Lipinski definition) is 2. The summed E-state index contributed by atoms with van der Waals surface area (Å²) in [5, 5.41) is 7.21. The third-order valence-corrected chi connectivity index (χ3v) is 3.68. The fourth-order valence-corrected chi connectivity index (χ4v) is 2.65. The fraction of sp³-hybridized carbons (Fsp3) is 0.308. The molecule has 2 rings (SSSR count). The minimum absolute atomic E-state index is 0.237. The van der Waals surface area contributed by atoms with E-state index < -0.39 is 11.7 Å². The van der Waals surface area contributed by atoms with Crippen molar-refractivity contribution in [2.45, 2.75) is 12.2 Å². The Kier molecular flexibility index (Phi) is 4.19. The van der Waals surface area contributed by atoms with Gasteiger partial charge in [-0.1, -0.05) is 12.1 Å². The van der Waals surface area contributed by atoms with Crippen LogP contribution in [-0.2, 0) is 13.2 Å². The van der Waals surface area contributed by atoms with E-state index >= 15 is 0 Å². The number of aromatic nitrogens is 2. The summed E-state index contributed by atoms with van der Waals surface area (Å²) < 4.78 is 40.2. The van der Waals surface area contributed by atoms with E-state index in [0.717, 1.165) is 27.9 Å². The molecule has 1 aromatic heterocycles. The summed E-state index contributed by atoms with van der Waals surface area (Å²) in [6.07, 6.45) is -2.66. The molecule has 0 saturated carbocycles. The Morgan fingerprint density at radius 1 is 1.25 bits per heavy atom. The Morgan fingerprint density at radius 2 is 1.85 bits per heavy atom. The largest absolute Gasteiger partial charge is 0.416 e. The van der Waals surface area contributed by atoms with Gasteiger partial charge >= 0.3 is 6.18 Å². The van der Waals surface area contributed by atoms with Crippen LogP contribution < -0.4 is 5.32 Å². The first-order valence-corrected chi connectivity index (χ1v) is 6.65. The van der Waals surface area contributed by atoms with Gasteiger partial charge in [-0.05, 0) is 40.7 Å². The maximum atomic E-state index is 12.6. The number of aryl methyl sites for hydroxylation is 1. The van der Waals surface area contributed by atoms with Crippen molar-refractivity contribution >= 4 is 15.9 Å². The summed E-state index contributed by atoms with van der Waals surface area (Å²) in [6, 6.07) is 4.89. The Morgan fingerprint density at radius 3 is 2.25 bits per heavy atom. The van der Waals surface area contributed by atoms with E-state index in [1.54, 1.807) is 25.0 Å². The molecule has 2 aromatic rings. The van der Waals surface area contributed by atoms with Crippen LogP contribution in [0.2, 0.25) is 0 Å². The van der Waals surface area contributed by atoms with E-state index in [1.807, 2.05) is 0 Å². The number of hydrogen-bond donors (Lipinski definition) is 1. The molecule has 1 aromatic carbocycles. The first-order valence-electron chi connectivity index (χ1n) is 5.86. The maximum absolute atomic E-state index is 12.6. The average molecular weight is 348 g/mol. The van der Waals surface area contributed by atoms with Crippen LogP contribution in [0.4, 0.5) is 13.2 Å². The molecule has 1 N–H and O–H groups in total. The molecule has 0 bridgehead atoms. The van der Waals surface area contributed by atoms with Crippen LogP contribution in [0.15, 0.2) is 34.9 Å². The lowest BCUT2D eigenvalue weighted by Crippen LogP contribution is -2.21. The quantitative estimate of drug-likeness (QED) is 0.920. The molecule has 0 amide bonds. The zero-order chi connectivity index (χ0) is 14.9. The summed E-state index contributed by atoms with van der Waals surface area (Å²) in [7, 11) is 3.54. The highest BCUT2D eigenvalue weighted by Crippen LogP contribution is 2.32. The molecular formula is C13H13BrF3N3. The van der Waals surface area contributed by atoms with Crippen molar-refractivity contribution in [3.63, 3.8) is 0 Å². The van der Waals surface area contributed by atoms with Crippen LogP contribution in [0.5, 0.6) is 0 Å². The van der Waals surface area contributed by atoms with E-state index in [4.69, 9.17) is 0 Å². The molecule has 1 atom stereocenters. The lowest BCUT2D eigenvalue weighted by molar-refractivity contribution is -0.137. The summed E-state index contributed by atoms with van der Waals surface area (Å²) in [5.74, 6) is 0. The summed E-state index contributed by atoms with van der Waals surface area (Å²) in [4.78, 5) is 0. The molecule has 7 heteroatoms. The minimum Gasteiger partial charge on any atom is -0.308 e. The molecular weight excluding hydrogens is 335 g/mol. The van der Waals surface area contributed by atoms with E-state index in [0.29, 0.717) is 0 Å². The van der Waals surface area contributed by atoms with Gasteiger partial charge in [0.25, 0.3) is 0 Å². The van der Waals surface area contributed by atoms with Crippen molar-refractivity contribution < 1.29 is 13.2 Å². The van der Waals surface area contributed by atoms with Crippen molar-refractivity contribution in [2.75, 3.05) is 7.05 Å². The van der Waals surface area contributed by atoms with Crippen LogP contribution >= 0.6 is 15.9 Å². The van der Waals surface area contributed by atoms with Gasteiger partial charge in [0.2, 0.25) is 0 Å². The monoisotopic (exact) mass is 347 g/mol. The average Bonchev–Trinajstić information content (AvgIpc) is 2.71. The molecule has 0 fully saturated rings. The molecule has 0 spiro atoms. The second kappa shape index (κ2) is 5.57. The Labute approximate surface area is 122 Å². The summed E-state index contributed by atoms with van der Waals surface area (Å²) in [5.41, 5.74) is 0.942. The Bertz CT molecular complexity index is 570. The van der Waals surface area contributed by atoms with Gasteiger partial charge in [-0.25, -0.2) is 0 Å². The second-order valence-corrected chi connectivity index (χ2v) is 5.20. The van der Waals surface area contributed by atoms with Gasteiger partial charge in [-0.2, -0.15) is 18.3 Å². The number of rotatable bonds is 3. The number of halogens is 4. The third-order valence-electron chi connectivity index (χ3n) is 3.07. The van der Waals surface area contributed by atoms with Gasteiger partial charge < -0.3 is 5.32 Å². The number of benzene rings is 1. The summed E-state index contributed by atoms with van der Waals surface area (Å²) >= 11 is 3.40. The maximum Gasteiger partial charge on any atom is 0.416 e. The second-order valence-electron chi connectivity index (χ2n) is 4.34. The van der Waals surface area contributed by atoms with Gasteiger partial charge in [0.15, 0.2) is 0 Å². The standard InChI is InChI=1S/C13H13BrF3N3/c1-18-11(12-10(14)7-19-20(12)2)8-3-5-9(6-4-8)13(15,16)17/h3-7,11,18H,1-2H3. The number of alkyl halides is 3. The highest BCUT2D eigenvalue weighted by Gasteiger charge is 2.30. The molecule has 20 heavy (non-hydrogen) atoms. The topological polar surface area (TPSA) is 29.9 Å². The van der Waals surface area contributed by atoms with Gasteiger partial charge in [0.1, 0.15) is 0 Å². The van der Waals surface area contributed by atoms with Crippen molar-refractivity contribution in [3.05, 3.63) is 51.8 Å².